The van der Waals surface area contributed by atoms with Gasteiger partial charge in [0.15, 0.2) is 0 Å². The Morgan fingerprint density at radius 3 is 2.71 bits per heavy atom. The highest BCUT2D eigenvalue weighted by atomic mass is 79.9. The van der Waals surface area contributed by atoms with Gasteiger partial charge in [0, 0.05) is 11.0 Å². The molecule has 0 aliphatic rings. The summed E-state index contributed by atoms with van der Waals surface area (Å²) in [5, 5.41) is 10.2. The van der Waals surface area contributed by atoms with Gasteiger partial charge in [-0.3, -0.25) is 0 Å². The van der Waals surface area contributed by atoms with E-state index < -0.39 is 6.10 Å². The predicted molar refractivity (Wildman–Crippen MR) is 76.1 cm³/mol. The van der Waals surface area contributed by atoms with Crippen LogP contribution in [-0.2, 0) is 0 Å². The van der Waals surface area contributed by atoms with Gasteiger partial charge in [-0.25, -0.2) is 0 Å². The monoisotopic (exact) mass is 299 g/mol. The number of likely N-dealkylation sites (N-methyl/N-ethyl adjacent to an activating group) is 1. The van der Waals surface area contributed by atoms with E-state index in [0.29, 0.717) is 6.54 Å². The fourth-order valence-electron chi connectivity index (χ4n) is 1.82. The van der Waals surface area contributed by atoms with Crippen LogP contribution in [0.15, 0.2) is 28.7 Å². The Hall–Kier alpha value is -0.380. The lowest BCUT2D eigenvalue weighted by atomic mass is 10.1. The molecule has 1 atom stereocenters. The maximum absolute atomic E-state index is 10.2. The number of halogens is 1. The topological polar surface area (TPSA) is 23.5 Å². The Labute approximate surface area is 113 Å². The lowest BCUT2D eigenvalue weighted by Gasteiger charge is -2.23. The molecule has 0 bridgehead atoms. The normalized spacial score (nSPS) is 13.0. The number of aliphatic hydroxyl groups is 1. The van der Waals surface area contributed by atoms with Gasteiger partial charge in [0.2, 0.25) is 0 Å². The van der Waals surface area contributed by atoms with Crippen LogP contribution >= 0.6 is 15.9 Å². The van der Waals surface area contributed by atoms with Gasteiger partial charge in [0.1, 0.15) is 0 Å². The molecule has 0 saturated carbocycles. The van der Waals surface area contributed by atoms with Crippen molar-refractivity contribution in [2.24, 2.45) is 0 Å². The van der Waals surface area contributed by atoms with Gasteiger partial charge in [0.25, 0.3) is 0 Å². The van der Waals surface area contributed by atoms with Gasteiger partial charge in [-0.15, -0.1) is 0 Å². The first kappa shape index (κ1) is 14.7. The first-order valence-corrected chi connectivity index (χ1v) is 7.12. The van der Waals surface area contributed by atoms with Crippen molar-refractivity contribution < 1.29 is 5.11 Å². The minimum atomic E-state index is -0.399. The molecule has 1 rings (SSSR count). The van der Waals surface area contributed by atoms with Crippen LogP contribution in [0.1, 0.15) is 38.4 Å². The predicted octanol–water partition coefficient (Wildman–Crippen LogP) is 3.60. The molecule has 0 aliphatic heterocycles. The molecule has 0 saturated heterocycles. The van der Waals surface area contributed by atoms with Gasteiger partial charge in [-0.2, -0.15) is 0 Å². The largest absolute Gasteiger partial charge is 0.387 e. The zero-order valence-corrected chi connectivity index (χ0v) is 12.3. The van der Waals surface area contributed by atoms with Crippen LogP contribution in [0.5, 0.6) is 0 Å². The molecule has 0 spiro atoms. The summed E-state index contributed by atoms with van der Waals surface area (Å²) in [4.78, 5) is 2.30. The number of benzene rings is 1. The number of aliphatic hydroxyl groups excluding tert-OH is 1. The average Bonchev–Trinajstić information content (AvgIpc) is 2.34. The molecule has 0 fully saturated rings. The third-order valence-corrected chi connectivity index (χ3v) is 3.43. The second-order valence-corrected chi connectivity index (χ2v) is 5.23. The Morgan fingerprint density at radius 1 is 1.35 bits per heavy atom. The molecule has 0 aromatic heterocycles. The molecule has 0 heterocycles. The SMILES string of the molecule is CCCCN(CC)CC(O)c1cccc(Br)c1. The third-order valence-electron chi connectivity index (χ3n) is 2.94. The van der Waals surface area contributed by atoms with Crippen LogP contribution in [0.4, 0.5) is 0 Å². The molecule has 0 aliphatic carbocycles. The highest BCUT2D eigenvalue weighted by molar-refractivity contribution is 9.10. The van der Waals surface area contributed by atoms with Crippen molar-refractivity contribution in [2.75, 3.05) is 19.6 Å². The smallest absolute Gasteiger partial charge is 0.0917 e. The molecule has 17 heavy (non-hydrogen) atoms. The summed E-state index contributed by atoms with van der Waals surface area (Å²) >= 11 is 3.43. The summed E-state index contributed by atoms with van der Waals surface area (Å²) in [6.45, 7) is 7.11. The van der Waals surface area contributed by atoms with Gasteiger partial charge in [-0.05, 0) is 37.2 Å². The van der Waals surface area contributed by atoms with Gasteiger partial charge >= 0.3 is 0 Å². The lowest BCUT2D eigenvalue weighted by molar-refractivity contribution is 0.115. The average molecular weight is 300 g/mol. The summed E-state index contributed by atoms with van der Waals surface area (Å²) in [6, 6.07) is 7.90. The van der Waals surface area contributed by atoms with E-state index in [1.165, 1.54) is 12.8 Å². The number of hydrogen-bond donors (Lipinski definition) is 1. The Morgan fingerprint density at radius 2 is 2.12 bits per heavy atom. The lowest BCUT2D eigenvalue weighted by Crippen LogP contribution is -2.29. The standard InChI is InChI=1S/C14H22BrNO/c1-3-5-9-16(4-2)11-14(17)12-7-6-8-13(15)10-12/h6-8,10,14,17H,3-5,9,11H2,1-2H3. The summed E-state index contributed by atoms with van der Waals surface area (Å²) in [6.07, 6.45) is 1.99. The highest BCUT2D eigenvalue weighted by Gasteiger charge is 2.12. The third kappa shape index (κ3) is 5.19. The molecule has 96 valence electrons. The van der Waals surface area contributed by atoms with Crippen LogP contribution in [0.25, 0.3) is 0 Å². The van der Waals surface area contributed by atoms with E-state index in [9.17, 15) is 5.11 Å². The van der Waals surface area contributed by atoms with Crippen molar-refractivity contribution in [2.45, 2.75) is 32.8 Å². The number of nitrogens with zero attached hydrogens (tertiary/aromatic N) is 1. The summed E-state index contributed by atoms with van der Waals surface area (Å²) < 4.78 is 1.02. The molecule has 1 aromatic rings. The van der Waals surface area contributed by atoms with Crippen molar-refractivity contribution >= 4 is 15.9 Å². The molecule has 2 nitrogen and oxygen atoms in total. The number of hydrogen-bond acceptors (Lipinski definition) is 2. The van der Waals surface area contributed by atoms with E-state index >= 15 is 0 Å². The van der Waals surface area contributed by atoms with E-state index in [0.717, 1.165) is 23.1 Å². The van der Waals surface area contributed by atoms with E-state index in [1.807, 2.05) is 24.3 Å². The zero-order valence-electron chi connectivity index (χ0n) is 10.7. The molecule has 1 unspecified atom stereocenters. The fourth-order valence-corrected chi connectivity index (χ4v) is 2.24. The fraction of sp³-hybridized carbons (Fsp3) is 0.571. The maximum Gasteiger partial charge on any atom is 0.0917 e. The van der Waals surface area contributed by atoms with Crippen LogP contribution in [0.3, 0.4) is 0 Å². The van der Waals surface area contributed by atoms with E-state index in [1.54, 1.807) is 0 Å². The second-order valence-electron chi connectivity index (χ2n) is 4.32. The van der Waals surface area contributed by atoms with Crippen molar-refractivity contribution in [3.8, 4) is 0 Å². The van der Waals surface area contributed by atoms with Crippen LogP contribution in [0, 0.1) is 0 Å². The molecule has 0 amide bonds. The van der Waals surface area contributed by atoms with Crippen molar-refractivity contribution in [3.05, 3.63) is 34.3 Å². The Bertz CT molecular complexity index is 330. The quantitative estimate of drug-likeness (QED) is 0.831. The molecular formula is C14H22BrNO. The molecule has 0 radical (unpaired) electrons. The van der Waals surface area contributed by atoms with Gasteiger partial charge in [-0.1, -0.05) is 48.3 Å². The Kier molecular flexibility index (Phi) is 6.78. The summed E-state index contributed by atoms with van der Waals surface area (Å²) in [5.74, 6) is 0. The summed E-state index contributed by atoms with van der Waals surface area (Å²) in [5.41, 5.74) is 0.981. The van der Waals surface area contributed by atoms with Gasteiger partial charge in [0.05, 0.1) is 6.10 Å². The van der Waals surface area contributed by atoms with Crippen molar-refractivity contribution in [1.82, 2.24) is 4.90 Å². The first-order chi connectivity index (χ1) is 8.17. The molecule has 1 aromatic carbocycles. The van der Waals surface area contributed by atoms with Crippen molar-refractivity contribution in [1.29, 1.82) is 0 Å². The number of rotatable bonds is 7. The second kappa shape index (κ2) is 7.85. The number of unbranched alkanes of at least 4 members (excludes halogenated alkanes) is 1. The molecule has 3 heteroatoms. The van der Waals surface area contributed by atoms with Crippen LogP contribution in [-0.4, -0.2) is 29.6 Å². The minimum Gasteiger partial charge on any atom is -0.387 e. The van der Waals surface area contributed by atoms with Crippen LogP contribution in [0.2, 0.25) is 0 Å². The molecular weight excluding hydrogens is 278 g/mol. The van der Waals surface area contributed by atoms with E-state index in [2.05, 4.69) is 34.7 Å². The summed E-state index contributed by atoms with van der Waals surface area (Å²) in [7, 11) is 0. The van der Waals surface area contributed by atoms with E-state index in [4.69, 9.17) is 0 Å². The minimum absolute atomic E-state index is 0.399. The van der Waals surface area contributed by atoms with Gasteiger partial charge < -0.3 is 10.0 Å². The zero-order chi connectivity index (χ0) is 12.7. The molecule has 1 N–H and O–H groups in total. The first-order valence-electron chi connectivity index (χ1n) is 6.33. The highest BCUT2D eigenvalue weighted by Crippen LogP contribution is 2.19. The van der Waals surface area contributed by atoms with E-state index in [-0.39, 0.29) is 0 Å². The van der Waals surface area contributed by atoms with Crippen LogP contribution < -0.4 is 0 Å². The maximum atomic E-state index is 10.2. The Balaban J connectivity index is 2.54. The van der Waals surface area contributed by atoms with Crippen molar-refractivity contribution in [3.63, 3.8) is 0 Å².